The van der Waals surface area contributed by atoms with Gasteiger partial charge in [-0.05, 0) is 42.8 Å². The molecule has 1 aromatic heterocycles. The lowest BCUT2D eigenvalue weighted by Crippen LogP contribution is -2.29. The van der Waals surface area contributed by atoms with Crippen molar-refractivity contribution >= 4 is 17.0 Å². The Balaban J connectivity index is 1.57. The first-order chi connectivity index (χ1) is 13.4. The van der Waals surface area contributed by atoms with E-state index in [1.165, 1.54) is 0 Å². The van der Waals surface area contributed by atoms with Crippen molar-refractivity contribution in [3.8, 4) is 11.5 Å². The minimum Gasteiger partial charge on any atom is -0.486 e. The predicted molar refractivity (Wildman–Crippen MR) is 106 cm³/mol. The molecule has 0 aliphatic carbocycles. The fourth-order valence-corrected chi connectivity index (χ4v) is 3.25. The summed E-state index contributed by atoms with van der Waals surface area (Å²) in [6.07, 6.45) is 0. The number of aromatic nitrogens is 1. The zero-order valence-electron chi connectivity index (χ0n) is 16.6. The Morgan fingerprint density at radius 1 is 1.04 bits per heavy atom. The third-order valence-electron chi connectivity index (χ3n) is 5.09. The molecule has 0 radical (unpaired) electrons. The van der Waals surface area contributed by atoms with Gasteiger partial charge in [0.15, 0.2) is 23.0 Å². The molecule has 146 valence electrons. The van der Waals surface area contributed by atoms with E-state index in [9.17, 15) is 4.79 Å². The monoisotopic (exact) mass is 380 g/mol. The van der Waals surface area contributed by atoms with Crippen LogP contribution in [-0.2, 0) is 0 Å². The van der Waals surface area contributed by atoms with E-state index in [1.807, 2.05) is 45.0 Å². The summed E-state index contributed by atoms with van der Waals surface area (Å²) in [5, 5.41) is 0. The molecular weight excluding hydrogens is 356 g/mol. The lowest BCUT2D eigenvalue weighted by molar-refractivity contribution is 0.0742. The van der Waals surface area contributed by atoms with Crippen molar-refractivity contribution in [1.82, 2.24) is 9.88 Å². The van der Waals surface area contributed by atoms with E-state index < -0.39 is 0 Å². The number of amides is 1. The summed E-state index contributed by atoms with van der Waals surface area (Å²) < 4.78 is 17.0. The second-order valence-electron chi connectivity index (χ2n) is 7.38. The van der Waals surface area contributed by atoms with Gasteiger partial charge in [-0.25, -0.2) is 4.98 Å². The molecule has 0 N–H and O–H groups in total. The number of benzene rings is 2. The summed E-state index contributed by atoms with van der Waals surface area (Å²) in [5.41, 5.74) is 2.98. The molecule has 0 saturated carbocycles. The molecule has 0 saturated heterocycles. The number of ether oxygens (including phenoxy) is 2. The Morgan fingerprint density at radius 2 is 1.79 bits per heavy atom. The second kappa shape index (κ2) is 7.19. The molecule has 4 rings (SSSR count). The molecule has 1 aliphatic heterocycles. The lowest BCUT2D eigenvalue weighted by atomic mass is 10.0. The van der Waals surface area contributed by atoms with Gasteiger partial charge in [0.2, 0.25) is 0 Å². The van der Waals surface area contributed by atoms with Gasteiger partial charge >= 0.3 is 0 Å². The summed E-state index contributed by atoms with van der Waals surface area (Å²) in [4.78, 5) is 19.3. The highest BCUT2D eigenvalue weighted by atomic mass is 16.6. The van der Waals surface area contributed by atoms with Gasteiger partial charge in [-0.1, -0.05) is 19.9 Å². The fraction of sp³-hybridized carbons (Fsp3) is 0.364. The smallest absolute Gasteiger partial charge is 0.254 e. The van der Waals surface area contributed by atoms with Gasteiger partial charge in [-0.15, -0.1) is 0 Å². The largest absolute Gasteiger partial charge is 0.486 e. The van der Waals surface area contributed by atoms with Gasteiger partial charge < -0.3 is 18.8 Å². The zero-order valence-corrected chi connectivity index (χ0v) is 16.6. The number of oxazole rings is 1. The molecule has 0 spiro atoms. The summed E-state index contributed by atoms with van der Waals surface area (Å²) in [5.74, 6) is 2.27. The minimum absolute atomic E-state index is 0.0709. The van der Waals surface area contributed by atoms with Gasteiger partial charge in [0.05, 0.1) is 6.04 Å². The Bertz CT molecular complexity index is 1020. The third-order valence-corrected chi connectivity index (χ3v) is 5.09. The Kier molecular flexibility index (Phi) is 4.71. The van der Waals surface area contributed by atoms with Crippen molar-refractivity contribution in [2.45, 2.75) is 32.7 Å². The molecule has 2 aromatic carbocycles. The van der Waals surface area contributed by atoms with Gasteiger partial charge in [0.1, 0.15) is 18.7 Å². The average Bonchev–Trinajstić information content (AvgIpc) is 3.15. The van der Waals surface area contributed by atoms with Crippen LogP contribution in [0.2, 0.25) is 0 Å². The van der Waals surface area contributed by atoms with E-state index in [0.717, 1.165) is 17.1 Å². The van der Waals surface area contributed by atoms with Crippen LogP contribution in [0.15, 0.2) is 40.8 Å². The molecule has 6 heteroatoms. The number of hydrogen-bond acceptors (Lipinski definition) is 5. The number of rotatable bonds is 4. The van der Waals surface area contributed by atoms with Crippen LogP contribution in [0.3, 0.4) is 0 Å². The zero-order chi connectivity index (χ0) is 19.8. The standard InChI is InChI=1S/C22H24N2O4/c1-13(2)21-23-17-11-16(6-7-18(17)28-21)22(25)24(4)14(3)15-5-8-19-20(12-15)27-10-9-26-19/h5-8,11-14H,9-10H2,1-4H3/t14-/m0/s1. The summed E-state index contributed by atoms with van der Waals surface area (Å²) >= 11 is 0. The number of carbonyl (C=O) groups excluding carboxylic acids is 1. The van der Waals surface area contributed by atoms with Crippen LogP contribution in [0.25, 0.3) is 11.1 Å². The topological polar surface area (TPSA) is 64.8 Å². The van der Waals surface area contributed by atoms with Gasteiger partial charge in [-0.2, -0.15) is 0 Å². The number of hydrogen-bond donors (Lipinski definition) is 0. The van der Waals surface area contributed by atoms with Crippen molar-refractivity contribution in [2.75, 3.05) is 20.3 Å². The van der Waals surface area contributed by atoms with Gasteiger partial charge in [0, 0.05) is 18.5 Å². The van der Waals surface area contributed by atoms with Crippen molar-refractivity contribution in [3.05, 3.63) is 53.4 Å². The van der Waals surface area contributed by atoms with Crippen molar-refractivity contribution in [2.24, 2.45) is 0 Å². The number of nitrogens with zero attached hydrogens (tertiary/aromatic N) is 2. The molecule has 6 nitrogen and oxygen atoms in total. The van der Waals surface area contributed by atoms with Gasteiger partial charge in [0.25, 0.3) is 5.91 Å². The SMILES string of the molecule is CC(C)c1nc2cc(C(=O)N(C)[C@@H](C)c3ccc4c(c3)OCCO4)ccc2o1. The molecule has 1 amide bonds. The van der Waals surface area contributed by atoms with Crippen molar-refractivity contribution in [1.29, 1.82) is 0 Å². The Morgan fingerprint density at radius 3 is 2.54 bits per heavy atom. The first-order valence-corrected chi connectivity index (χ1v) is 9.51. The minimum atomic E-state index is -0.123. The highest BCUT2D eigenvalue weighted by Gasteiger charge is 2.22. The lowest BCUT2D eigenvalue weighted by Gasteiger charge is -2.27. The van der Waals surface area contributed by atoms with E-state index in [2.05, 4.69) is 4.98 Å². The van der Waals surface area contributed by atoms with E-state index in [0.29, 0.717) is 35.8 Å². The molecule has 3 aromatic rings. The molecule has 0 unspecified atom stereocenters. The van der Waals surface area contributed by atoms with Crippen molar-refractivity contribution in [3.63, 3.8) is 0 Å². The fourth-order valence-electron chi connectivity index (χ4n) is 3.25. The van der Waals surface area contributed by atoms with E-state index in [-0.39, 0.29) is 17.9 Å². The summed E-state index contributed by atoms with van der Waals surface area (Å²) in [7, 11) is 1.80. The van der Waals surface area contributed by atoms with Crippen LogP contribution in [0, 0.1) is 0 Å². The second-order valence-corrected chi connectivity index (χ2v) is 7.38. The van der Waals surface area contributed by atoms with Crippen LogP contribution in [0.5, 0.6) is 11.5 Å². The molecule has 1 aliphatic rings. The van der Waals surface area contributed by atoms with Crippen LogP contribution in [0.1, 0.15) is 54.5 Å². The Labute approximate surface area is 164 Å². The molecule has 2 heterocycles. The quantitative estimate of drug-likeness (QED) is 0.664. The maximum absolute atomic E-state index is 13.0. The third kappa shape index (κ3) is 3.30. The Hall–Kier alpha value is -3.02. The van der Waals surface area contributed by atoms with Gasteiger partial charge in [-0.3, -0.25) is 4.79 Å². The number of carbonyl (C=O) groups is 1. The van der Waals surface area contributed by atoms with Crippen LogP contribution >= 0.6 is 0 Å². The molecule has 28 heavy (non-hydrogen) atoms. The first kappa shape index (κ1) is 18.3. The summed E-state index contributed by atoms with van der Waals surface area (Å²) in [6, 6.07) is 11.1. The maximum atomic E-state index is 13.0. The van der Waals surface area contributed by atoms with E-state index >= 15 is 0 Å². The number of fused-ring (bicyclic) bond motifs is 2. The van der Waals surface area contributed by atoms with Crippen LogP contribution in [0.4, 0.5) is 0 Å². The molecule has 0 bridgehead atoms. The van der Waals surface area contributed by atoms with E-state index in [4.69, 9.17) is 13.9 Å². The highest BCUT2D eigenvalue weighted by Crippen LogP contribution is 2.34. The van der Waals surface area contributed by atoms with E-state index in [1.54, 1.807) is 24.1 Å². The molecular formula is C22H24N2O4. The van der Waals surface area contributed by atoms with Crippen molar-refractivity contribution < 1.29 is 18.7 Å². The van der Waals surface area contributed by atoms with Crippen LogP contribution in [-0.4, -0.2) is 36.1 Å². The summed E-state index contributed by atoms with van der Waals surface area (Å²) in [6.45, 7) is 7.15. The molecule has 0 fully saturated rings. The first-order valence-electron chi connectivity index (χ1n) is 9.51. The maximum Gasteiger partial charge on any atom is 0.254 e. The highest BCUT2D eigenvalue weighted by molar-refractivity contribution is 5.97. The van der Waals surface area contributed by atoms with Crippen LogP contribution < -0.4 is 9.47 Å². The average molecular weight is 380 g/mol. The molecule has 1 atom stereocenters. The normalized spacial score (nSPS) is 14.3. The predicted octanol–water partition coefficient (Wildman–Crippen LogP) is 4.56.